The molecule has 0 aliphatic carbocycles. The van der Waals surface area contributed by atoms with Crippen molar-refractivity contribution in [2.75, 3.05) is 25.0 Å². The van der Waals surface area contributed by atoms with Crippen LogP contribution in [0.5, 0.6) is 0 Å². The van der Waals surface area contributed by atoms with Crippen molar-refractivity contribution in [2.45, 2.75) is 19.4 Å². The minimum atomic E-state index is 0.134. The summed E-state index contributed by atoms with van der Waals surface area (Å²) in [5.41, 5.74) is 3.84. The first kappa shape index (κ1) is 14.7. The number of hydrogen-bond acceptors (Lipinski definition) is 4. The Hall–Kier alpha value is -2.20. The molecule has 0 unspecified atom stereocenters. The van der Waals surface area contributed by atoms with E-state index in [1.54, 1.807) is 12.3 Å². The van der Waals surface area contributed by atoms with Gasteiger partial charge in [-0.2, -0.15) is 0 Å². The molecule has 1 saturated heterocycles. The number of anilines is 1. The van der Waals surface area contributed by atoms with Crippen molar-refractivity contribution in [2.24, 2.45) is 0 Å². The Balaban J connectivity index is 1.66. The Morgan fingerprint density at radius 3 is 2.59 bits per heavy atom. The fourth-order valence-corrected chi connectivity index (χ4v) is 2.61. The maximum Gasteiger partial charge on any atom is 0.167 e. The molecular formula is C18H21N3O. The molecule has 0 radical (unpaired) electrons. The standard InChI is InChI=1S/C18H21N3O/c1-13-9-15(7-8-20-13)18(22)10-14-3-5-16(6-4-14)21(2)17-11-19-12-17/h3-9,17,19H,10-12H2,1-2H3. The van der Waals surface area contributed by atoms with E-state index in [4.69, 9.17) is 0 Å². The van der Waals surface area contributed by atoms with Gasteiger partial charge in [-0.15, -0.1) is 0 Å². The van der Waals surface area contributed by atoms with E-state index in [9.17, 15) is 4.79 Å². The van der Waals surface area contributed by atoms with Crippen LogP contribution in [0.25, 0.3) is 0 Å². The maximum atomic E-state index is 12.3. The zero-order chi connectivity index (χ0) is 15.5. The molecule has 1 N–H and O–H groups in total. The molecule has 0 bridgehead atoms. The first-order valence-corrected chi connectivity index (χ1v) is 7.62. The first-order chi connectivity index (χ1) is 10.6. The minimum absolute atomic E-state index is 0.134. The normalized spacial score (nSPS) is 14.5. The molecule has 1 aromatic carbocycles. The number of Topliss-reactive ketones (excluding diaryl/α,β-unsaturated/α-hetero) is 1. The monoisotopic (exact) mass is 295 g/mol. The molecule has 114 valence electrons. The van der Waals surface area contributed by atoms with Gasteiger partial charge >= 0.3 is 0 Å². The van der Waals surface area contributed by atoms with Gasteiger partial charge in [-0.3, -0.25) is 9.78 Å². The molecule has 0 amide bonds. The fraction of sp³-hybridized carbons (Fsp3) is 0.333. The van der Waals surface area contributed by atoms with E-state index in [1.807, 2.05) is 25.1 Å². The quantitative estimate of drug-likeness (QED) is 0.859. The van der Waals surface area contributed by atoms with E-state index in [1.165, 1.54) is 5.69 Å². The van der Waals surface area contributed by atoms with Gasteiger partial charge in [0.1, 0.15) is 0 Å². The minimum Gasteiger partial charge on any atom is -0.369 e. The molecule has 4 nitrogen and oxygen atoms in total. The summed E-state index contributed by atoms with van der Waals surface area (Å²) in [5.74, 6) is 0.134. The smallest absolute Gasteiger partial charge is 0.167 e. The lowest BCUT2D eigenvalue weighted by Gasteiger charge is -2.37. The van der Waals surface area contributed by atoms with Gasteiger partial charge in [-0.25, -0.2) is 0 Å². The molecule has 22 heavy (non-hydrogen) atoms. The summed E-state index contributed by atoms with van der Waals surface area (Å²) in [7, 11) is 2.12. The number of ketones is 1. The van der Waals surface area contributed by atoms with Crippen molar-refractivity contribution in [3.63, 3.8) is 0 Å². The third-order valence-electron chi connectivity index (χ3n) is 4.23. The van der Waals surface area contributed by atoms with E-state index >= 15 is 0 Å². The largest absolute Gasteiger partial charge is 0.369 e. The van der Waals surface area contributed by atoms with Crippen molar-refractivity contribution < 1.29 is 4.79 Å². The second-order valence-electron chi connectivity index (χ2n) is 5.88. The van der Waals surface area contributed by atoms with Crippen LogP contribution >= 0.6 is 0 Å². The maximum absolute atomic E-state index is 12.3. The number of nitrogens with one attached hydrogen (secondary N) is 1. The predicted octanol–water partition coefficient (Wildman–Crippen LogP) is 2.22. The summed E-state index contributed by atoms with van der Waals surface area (Å²) in [4.78, 5) is 18.7. The average Bonchev–Trinajstić information content (AvgIpc) is 2.46. The molecule has 1 aliphatic heterocycles. The first-order valence-electron chi connectivity index (χ1n) is 7.62. The van der Waals surface area contributed by atoms with Crippen LogP contribution in [0.4, 0.5) is 5.69 Å². The Morgan fingerprint density at radius 2 is 2.00 bits per heavy atom. The Kier molecular flexibility index (Phi) is 4.20. The summed E-state index contributed by atoms with van der Waals surface area (Å²) in [6.45, 7) is 3.98. The molecule has 4 heteroatoms. The highest BCUT2D eigenvalue weighted by molar-refractivity contribution is 5.97. The molecule has 3 rings (SSSR count). The number of aromatic nitrogens is 1. The molecule has 0 saturated carbocycles. The summed E-state index contributed by atoms with van der Waals surface area (Å²) in [5, 5.41) is 3.28. The second-order valence-corrected chi connectivity index (χ2v) is 5.88. The average molecular weight is 295 g/mol. The zero-order valence-corrected chi connectivity index (χ0v) is 13.0. The highest BCUT2D eigenvalue weighted by Crippen LogP contribution is 2.19. The van der Waals surface area contributed by atoms with Crippen molar-refractivity contribution in [3.05, 3.63) is 59.4 Å². The third kappa shape index (κ3) is 3.17. The fourth-order valence-electron chi connectivity index (χ4n) is 2.61. The molecule has 1 aromatic heterocycles. The molecular weight excluding hydrogens is 274 g/mol. The van der Waals surface area contributed by atoms with E-state index in [0.29, 0.717) is 12.5 Å². The highest BCUT2D eigenvalue weighted by Gasteiger charge is 2.21. The number of likely N-dealkylation sites (N-methyl/N-ethyl adjacent to an activating group) is 1. The van der Waals surface area contributed by atoms with E-state index < -0.39 is 0 Å². The number of pyridine rings is 1. The summed E-state index contributed by atoms with van der Waals surface area (Å²) >= 11 is 0. The number of hydrogen-bond donors (Lipinski definition) is 1. The third-order valence-corrected chi connectivity index (χ3v) is 4.23. The summed E-state index contributed by atoms with van der Waals surface area (Å²) in [6.07, 6.45) is 2.12. The topological polar surface area (TPSA) is 45.2 Å². The Bertz CT molecular complexity index is 662. The van der Waals surface area contributed by atoms with Crippen LogP contribution in [0.3, 0.4) is 0 Å². The van der Waals surface area contributed by atoms with Gasteiger partial charge in [-0.1, -0.05) is 12.1 Å². The van der Waals surface area contributed by atoms with Crippen LogP contribution < -0.4 is 10.2 Å². The molecule has 0 spiro atoms. The van der Waals surface area contributed by atoms with Gasteiger partial charge in [0.2, 0.25) is 0 Å². The molecule has 2 aromatic rings. The van der Waals surface area contributed by atoms with E-state index in [-0.39, 0.29) is 5.78 Å². The van der Waals surface area contributed by atoms with Crippen molar-refractivity contribution in [1.82, 2.24) is 10.3 Å². The molecule has 1 fully saturated rings. The number of aryl methyl sites for hydroxylation is 1. The van der Waals surface area contributed by atoms with Crippen LogP contribution in [0.2, 0.25) is 0 Å². The summed E-state index contributed by atoms with van der Waals surface area (Å²) in [6, 6.07) is 12.5. The molecule has 0 atom stereocenters. The lowest BCUT2D eigenvalue weighted by Crippen LogP contribution is -2.56. The van der Waals surface area contributed by atoms with E-state index in [2.05, 4.69) is 34.4 Å². The number of benzene rings is 1. The van der Waals surface area contributed by atoms with Crippen LogP contribution in [-0.4, -0.2) is 36.9 Å². The number of rotatable bonds is 5. The predicted molar refractivity (Wildman–Crippen MR) is 88.5 cm³/mol. The number of carbonyl (C=O) groups excluding carboxylic acids is 1. The SMILES string of the molecule is Cc1cc(C(=O)Cc2ccc(N(C)C3CNC3)cc2)ccn1. The number of carbonyl (C=O) groups is 1. The molecule has 2 heterocycles. The van der Waals surface area contributed by atoms with Crippen LogP contribution in [0.1, 0.15) is 21.6 Å². The van der Waals surface area contributed by atoms with Crippen molar-refractivity contribution in [1.29, 1.82) is 0 Å². The van der Waals surface area contributed by atoms with Gasteiger partial charge in [0.25, 0.3) is 0 Å². The van der Waals surface area contributed by atoms with Crippen molar-refractivity contribution in [3.8, 4) is 0 Å². The molecule has 1 aliphatic rings. The van der Waals surface area contributed by atoms with Gasteiger partial charge in [0.15, 0.2) is 5.78 Å². The van der Waals surface area contributed by atoms with Crippen LogP contribution in [0.15, 0.2) is 42.6 Å². The second kappa shape index (κ2) is 6.28. The summed E-state index contributed by atoms with van der Waals surface area (Å²) < 4.78 is 0. The van der Waals surface area contributed by atoms with Gasteiger partial charge < -0.3 is 10.2 Å². The van der Waals surface area contributed by atoms with E-state index in [0.717, 1.165) is 29.9 Å². The van der Waals surface area contributed by atoms with Crippen LogP contribution in [0, 0.1) is 6.92 Å². The Labute approximate surface area is 131 Å². The lowest BCUT2D eigenvalue weighted by molar-refractivity contribution is 0.0993. The number of nitrogens with zero attached hydrogens (tertiary/aromatic N) is 2. The highest BCUT2D eigenvalue weighted by atomic mass is 16.1. The van der Waals surface area contributed by atoms with Gasteiger partial charge in [-0.05, 0) is 36.8 Å². The van der Waals surface area contributed by atoms with Crippen molar-refractivity contribution >= 4 is 11.5 Å². The Morgan fingerprint density at radius 1 is 1.27 bits per heavy atom. The lowest BCUT2D eigenvalue weighted by atomic mass is 10.0. The van der Waals surface area contributed by atoms with Gasteiger partial charge in [0, 0.05) is 49.7 Å². The van der Waals surface area contributed by atoms with Gasteiger partial charge in [0.05, 0.1) is 6.04 Å². The van der Waals surface area contributed by atoms with Crippen LogP contribution in [-0.2, 0) is 6.42 Å². The zero-order valence-electron chi connectivity index (χ0n) is 13.0.